The van der Waals surface area contributed by atoms with Crippen molar-refractivity contribution in [3.05, 3.63) is 36.2 Å². The molecule has 1 aliphatic carbocycles. The minimum Gasteiger partial charge on any atom is -0.338 e. The molecule has 0 aromatic carbocycles. The van der Waals surface area contributed by atoms with E-state index in [2.05, 4.69) is 20.0 Å². The van der Waals surface area contributed by atoms with Crippen molar-refractivity contribution in [2.75, 3.05) is 26.2 Å². The molecule has 134 valence electrons. The Morgan fingerprint density at radius 1 is 1.24 bits per heavy atom. The van der Waals surface area contributed by atoms with Crippen molar-refractivity contribution in [3.63, 3.8) is 0 Å². The summed E-state index contributed by atoms with van der Waals surface area (Å²) in [6.07, 6.45) is 5.23. The van der Waals surface area contributed by atoms with E-state index >= 15 is 0 Å². The molecule has 2 aromatic heterocycles. The van der Waals surface area contributed by atoms with Gasteiger partial charge in [-0.25, -0.2) is 8.42 Å². The third-order valence-corrected chi connectivity index (χ3v) is 6.73. The predicted molar refractivity (Wildman–Crippen MR) is 89.3 cm³/mol. The fourth-order valence-electron chi connectivity index (χ4n) is 3.06. The molecule has 3 heterocycles. The van der Waals surface area contributed by atoms with Crippen molar-refractivity contribution in [2.24, 2.45) is 0 Å². The Kier molecular flexibility index (Phi) is 4.30. The van der Waals surface area contributed by atoms with Crippen LogP contribution in [0.15, 0.2) is 33.9 Å². The number of sulfonamides is 1. The van der Waals surface area contributed by atoms with Gasteiger partial charge in [0.25, 0.3) is 0 Å². The van der Waals surface area contributed by atoms with E-state index in [0.29, 0.717) is 38.0 Å². The van der Waals surface area contributed by atoms with Gasteiger partial charge < -0.3 is 4.52 Å². The molecule has 1 aliphatic heterocycles. The zero-order chi connectivity index (χ0) is 17.4. The fraction of sp³-hybridized carbons (Fsp3) is 0.562. The van der Waals surface area contributed by atoms with Crippen LogP contribution in [-0.4, -0.2) is 58.9 Å². The van der Waals surface area contributed by atoms with Crippen LogP contribution in [0.4, 0.5) is 0 Å². The summed E-state index contributed by atoms with van der Waals surface area (Å²) in [6, 6.07) is 3.20. The average Bonchev–Trinajstić information content (AvgIpc) is 3.39. The van der Waals surface area contributed by atoms with Gasteiger partial charge in [0.2, 0.25) is 15.9 Å². The van der Waals surface area contributed by atoms with Crippen LogP contribution in [-0.2, 0) is 10.0 Å². The van der Waals surface area contributed by atoms with Crippen LogP contribution in [0, 0.1) is 0 Å². The maximum atomic E-state index is 12.6. The molecule has 25 heavy (non-hydrogen) atoms. The normalized spacial score (nSPS) is 21.3. The summed E-state index contributed by atoms with van der Waals surface area (Å²) in [6.45, 7) is 4.15. The highest BCUT2D eigenvalue weighted by Gasteiger charge is 2.33. The summed E-state index contributed by atoms with van der Waals surface area (Å²) in [5.41, 5.74) is 0. The molecule has 1 atom stereocenters. The molecule has 8 nitrogen and oxygen atoms in total. The summed E-state index contributed by atoms with van der Waals surface area (Å²) in [5.74, 6) is 1.89. The van der Waals surface area contributed by atoms with Gasteiger partial charge in [0.1, 0.15) is 4.90 Å². The van der Waals surface area contributed by atoms with Gasteiger partial charge in [0.15, 0.2) is 5.82 Å². The van der Waals surface area contributed by atoms with Crippen molar-refractivity contribution >= 4 is 10.0 Å². The van der Waals surface area contributed by atoms with Gasteiger partial charge in [-0.1, -0.05) is 5.16 Å². The first kappa shape index (κ1) is 16.6. The first-order valence-electron chi connectivity index (χ1n) is 8.53. The molecule has 4 rings (SSSR count). The van der Waals surface area contributed by atoms with E-state index in [-0.39, 0.29) is 10.9 Å². The lowest BCUT2D eigenvalue weighted by molar-refractivity contribution is 0.124. The number of piperazine rings is 1. The number of pyridine rings is 1. The van der Waals surface area contributed by atoms with E-state index in [9.17, 15) is 8.42 Å². The monoisotopic (exact) mass is 363 g/mol. The molecule has 2 aromatic rings. The number of hydrogen-bond acceptors (Lipinski definition) is 7. The summed E-state index contributed by atoms with van der Waals surface area (Å²) in [7, 11) is -3.48. The molecular weight excluding hydrogens is 342 g/mol. The maximum Gasteiger partial charge on any atom is 0.244 e. The van der Waals surface area contributed by atoms with Crippen LogP contribution >= 0.6 is 0 Å². The van der Waals surface area contributed by atoms with E-state index in [1.807, 2.05) is 6.92 Å². The Balaban J connectivity index is 1.40. The minimum absolute atomic E-state index is 0.0109. The maximum absolute atomic E-state index is 12.6. The largest absolute Gasteiger partial charge is 0.338 e. The van der Waals surface area contributed by atoms with Gasteiger partial charge in [-0.05, 0) is 31.9 Å². The SMILES string of the molecule is CC(c1nc(C2CC2)no1)N1CCN(S(=O)(=O)c2cccnc2)CC1. The average molecular weight is 363 g/mol. The zero-order valence-corrected chi connectivity index (χ0v) is 14.9. The van der Waals surface area contributed by atoms with E-state index < -0.39 is 10.0 Å². The molecular formula is C16H21N5O3S. The Morgan fingerprint density at radius 2 is 2.00 bits per heavy atom. The van der Waals surface area contributed by atoms with Crippen molar-refractivity contribution in [2.45, 2.75) is 36.6 Å². The second kappa shape index (κ2) is 6.47. The third-order valence-electron chi connectivity index (χ3n) is 4.85. The smallest absolute Gasteiger partial charge is 0.244 e. The van der Waals surface area contributed by atoms with E-state index in [1.54, 1.807) is 18.3 Å². The van der Waals surface area contributed by atoms with Crippen molar-refractivity contribution in [1.82, 2.24) is 24.3 Å². The van der Waals surface area contributed by atoms with Crippen LogP contribution in [0.1, 0.15) is 43.4 Å². The quantitative estimate of drug-likeness (QED) is 0.793. The van der Waals surface area contributed by atoms with Crippen molar-refractivity contribution < 1.29 is 12.9 Å². The van der Waals surface area contributed by atoms with E-state index in [0.717, 1.165) is 18.7 Å². The van der Waals surface area contributed by atoms with E-state index in [4.69, 9.17) is 4.52 Å². The number of rotatable bonds is 5. The lowest BCUT2D eigenvalue weighted by Gasteiger charge is -2.36. The second-order valence-electron chi connectivity index (χ2n) is 6.57. The highest BCUT2D eigenvalue weighted by Crippen LogP contribution is 2.38. The Hall–Kier alpha value is -1.84. The Morgan fingerprint density at radius 3 is 2.64 bits per heavy atom. The molecule has 9 heteroatoms. The molecule has 0 amide bonds. The van der Waals surface area contributed by atoms with Crippen LogP contribution in [0.2, 0.25) is 0 Å². The molecule has 0 N–H and O–H groups in total. The molecule has 0 bridgehead atoms. The molecule has 1 saturated carbocycles. The van der Waals surface area contributed by atoms with Crippen molar-refractivity contribution in [3.8, 4) is 0 Å². The number of nitrogens with zero attached hydrogens (tertiary/aromatic N) is 5. The topological polar surface area (TPSA) is 92.4 Å². The first-order valence-corrected chi connectivity index (χ1v) is 9.97. The minimum atomic E-state index is -3.48. The third kappa shape index (κ3) is 3.31. The van der Waals surface area contributed by atoms with Gasteiger partial charge in [0.05, 0.1) is 6.04 Å². The van der Waals surface area contributed by atoms with Gasteiger partial charge in [-0.3, -0.25) is 9.88 Å². The van der Waals surface area contributed by atoms with Crippen LogP contribution in [0.5, 0.6) is 0 Å². The summed E-state index contributed by atoms with van der Waals surface area (Å²) < 4.78 is 32.2. The molecule has 2 fully saturated rings. The van der Waals surface area contributed by atoms with Crippen LogP contribution in [0.3, 0.4) is 0 Å². The van der Waals surface area contributed by atoms with Crippen LogP contribution < -0.4 is 0 Å². The lowest BCUT2D eigenvalue weighted by atomic mass is 10.2. The Bertz CT molecular complexity index is 826. The van der Waals surface area contributed by atoms with Gasteiger partial charge in [0, 0.05) is 44.5 Å². The molecule has 1 saturated heterocycles. The van der Waals surface area contributed by atoms with E-state index in [1.165, 1.54) is 10.5 Å². The number of aromatic nitrogens is 3. The zero-order valence-electron chi connectivity index (χ0n) is 14.1. The van der Waals surface area contributed by atoms with Gasteiger partial charge in [-0.15, -0.1) is 0 Å². The standard InChI is InChI=1S/C16H21N5O3S/c1-12(16-18-15(19-24-16)13-4-5-13)20-7-9-21(10-8-20)25(22,23)14-3-2-6-17-11-14/h2-3,6,11-13H,4-5,7-10H2,1H3. The highest BCUT2D eigenvalue weighted by atomic mass is 32.2. The van der Waals surface area contributed by atoms with Gasteiger partial charge >= 0.3 is 0 Å². The Labute approximate surface area is 146 Å². The molecule has 0 radical (unpaired) electrons. The second-order valence-corrected chi connectivity index (χ2v) is 8.51. The van der Waals surface area contributed by atoms with Crippen molar-refractivity contribution in [1.29, 1.82) is 0 Å². The lowest BCUT2D eigenvalue weighted by Crippen LogP contribution is -2.49. The first-order chi connectivity index (χ1) is 12.1. The molecule has 2 aliphatic rings. The number of hydrogen-bond donors (Lipinski definition) is 0. The summed E-state index contributed by atoms with van der Waals surface area (Å²) in [5, 5.41) is 4.06. The van der Waals surface area contributed by atoms with Crippen LogP contribution in [0.25, 0.3) is 0 Å². The predicted octanol–water partition coefficient (Wildman–Crippen LogP) is 1.41. The fourth-order valence-corrected chi connectivity index (χ4v) is 4.45. The summed E-state index contributed by atoms with van der Waals surface area (Å²) >= 11 is 0. The highest BCUT2D eigenvalue weighted by molar-refractivity contribution is 7.89. The van der Waals surface area contributed by atoms with Gasteiger partial charge in [-0.2, -0.15) is 9.29 Å². The summed E-state index contributed by atoms with van der Waals surface area (Å²) in [4.78, 5) is 10.8. The molecule has 0 spiro atoms. The molecule has 1 unspecified atom stereocenters.